The Morgan fingerprint density at radius 3 is 2.82 bits per heavy atom. The third-order valence-electron chi connectivity index (χ3n) is 7.16. The van der Waals surface area contributed by atoms with Crippen LogP contribution < -0.4 is 10.2 Å². The van der Waals surface area contributed by atoms with E-state index in [1.807, 2.05) is 33.8 Å². The van der Waals surface area contributed by atoms with Gasteiger partial charge in [0, 0.05) is 24.5 Å². The van der Waals surface area contributed by atoms with Crippen LogP contribution in [0.15, 0.2) is 30.7 Å². The number of esters is 1. The van der Waals surface area contributed by atoms with E-state index in [0.29, 0.717) is 41.7 Å². The molecule has 1 amide bonds. The van der Waals surface area contributed by atoms with Crippen LogP contribution in [-0.2, 0) is 15.9 Å². The highest BCUT2D eigenvalue weighted by molar-refractivity contribution is 5.95. The van der Waals surface area contributed by atoms with Crippen LogP contribution >= 0.6 is 0 Å². The molecule has 3 aromatic rings. The normalized spacial score (nSPS) is 21.0. The maximum Gasteiger partial charge on any atom is 0.407 e. The zero-order chi connectivity index (χ0) is 27.9. The number of pyridine rings is 1. The van der Waals surface area contributed by atoms with Gasteiger partial charge in [-0.3, -0.25) is 4.98 Å². The summed E-state index contributed by atoms with van der Waals surface area (Å²) in [4.78, 5) is 36.1. The van der Waals surface area contributed by atoms with Crippen molar-refractivity contribution < 1.29 is 23.5 Å². The predicted molar refractivity (Wildman–Crippen MR) is 142 cm³/mol. The van der Waals surface area contributed by atoms with Gasteiger partial charge in [-0.05, 0) is 83.4 Å². The Kier molecular flexibility index (Phi) is 7.17. The van der Waals surface area contributed by atoms with Gasteiger partial charge in [0.2, 0.25) is 0 Å². The molecule has 4 heterocycles. The summed E-state index contributed by atoms with van der Waals surface area (Å²) in [6.45, 7) is 10.2. The molecule has 1 saturated heterocycles. The summed E-state index contributed by atoms with van der Waals surface area (Å²) >= 11 is 0. The molecule has 5 rings (SSSR count). The average Bonchev–Trinajstić information content (AvgIpc) is 3.32. The largest absolute Gasteiger partial charge is 0.462 e. The number of ether oxygens (including phenoxy) is 2. The third-order valence-corrected chi connectivity index (χ3v) is 7.16. The van der Waals surface area contributed by atoms with Crippen molar-refractivity contribution in [3.05, 3.63) is 53.4 Å². The maximum atomic E-state index is 14.5. The van der Waals surface area contributed by atoms with Gasteiger partial charge < -0.3 is 19.7 Å². The molecule has 0 aromatic carbocycles. The van der Waals surface area contributed by atoms with Crippen LogP contribution in [0, 0.1) is 17.7 Å². The molecule has 1 aliphatic heterocycles. The van der Waals surface area contributed by atoms with E-state index in [4.69, 9.17) is 14.5 Å². The van der Waals surface area contributed by atoms with Gasteiger partial charge in [-0.1, -0.05) is 0 Å². The molecule has 1 N–H and O–H groups in total. The van der Waals surface area contributed by atoms with Crippen molar-refractivity contribution in [2.24, 2.45) is 11.8 Å². The van der Waals surface area contributed by atoms with Crippen molar-refractivity contribution in [2.75, 3.05) is 18.1 Å². The molecule has 3 aromatic heterocycles. The Balaban J connectivity index is 1.38. The molecule has 208 valence electrons. The van der Waals surface area contributed by atoms with Crippen LogP contribution in [-0.4, -0.2) is 56.4 Å². The number of aromatic nitrogens is 4. The van der Waals surface area contributed by atoms with Crippen LogP contribution in [0.4, 0.5) is 15.0 Å². The number of fused-ring (bicyclic) bond motifs is 2. The van der Waals surface area contributed by atoms with Crippen LogP contribution in [0.1, 0.15) is 75.1 Å². The van der Waals surface area contributed by atoms with Crippen molar-refractivity contribution in [1.29, 1.82) is 0 Å². The van der Waals surface area contributed by atoms with Gasteiger partial charge in [0.05, 0.1) is 25.0 Å². The van der Waals surface area contributed by atoms with Crippen LogP contribution in [0.25, 0.3) is 5.65 Å². The fraction of sp³-hybridized carbons (Fsp3) is 0.536. The average molecular weight is 539 g/mol. The van der Waals surface area contributed by atoms with Gasteiger partial charge in [0.1, 0.15) is 22.8 Å². The van der Waals surface area contributed by atoms with Gasteiger partial charge in [-0.15, -0.1) is 0 Å². The lowest BCUT2D eigenvalue weighted by Crippen LogP contribution is -2.38. The topological polar surface area (TPSA) is 111 Å². The molecule has 3 unspecified atom stereocenters. The second kappa shape index (κ2) is 10.4. The Bertz CT molecular complexity index is 1390. The van der Waals surface area contributed by atoms with E-state index < -0.39 is 17.7 Å². The van der Waals surface area contributed by atoms with E-state index in [0.717, 1.165) is 24.2 Å². The highest BCUT2D eigenvalue weighted by Gasteiger charge is 2.54. The van der Waals surface area contributed by atoms with Crippen molar-refractivity contribution >= 4 is 23.5 Å². The minimum Gasteiger partial charge on any atom is -0.462 e. The number of carbonyl (C=O) groups excluding carboxylic acids is 2. The number of alkyl carbamates (subject to hydrolysis) is 1. The van der Waals surface area contributed by atoms with E-state index in [1.165, 1.54) is 12.4 Å². The molecule has 10 nitrogen and oxygen atoms in total. The summed E-state index contributed by atoms with van der Waals surface area (Å²) in [7, 11) is 0. The van der Waals surface area contributed by atoms with Crippen LogP contribution in [0.3, 0.4) is 0 Å². The minimum atomic E-state index is -0.576. The van der Waals surface area contributed by atoms with E-state index in [-0.39, 0.29) is 24.5 Å². The highest BCUT2D eigenvalue weighted by Crippen LogP contribution is 2.57. The second-order valence-corrected chi connectivity index (χ2v) is 11.4. The number of piperidine rings is 1. The standard InChI is InChI=1S/C28H35FN6O4/c1-6-38-26(36)21-14-31-35-10-9-23(33-25(21)35)34-15-17-11-19(17)24(34)20-12-18(29)13-30-22(20)8-7-16(2)32-27(37)39-28(3,4)5/h9-10,12-14,16-17,19,24H,6-8,11,15H2,1-5H3,(H,32,37)/t16-,17?,19?,24?/m1/s1. The van der Waals surface area contributed by atoms with Crippen molar-refractivity contribution in [3.8, 4) is 0 Å². The molecule has 0 bridgehead atoms. The summed E-state index contributed by atoms with van der Waals surface area (Å²) in [6.07, 6.45) is 6.27. The Morgan fingerprint density at radius 2 is 2.08 bits per heavy atom. The fourth-order valence-corrected chi connectivity index (χ4v) is 5.35. The third kappa shape index (κ3) is 5.81. The summed E-state index contributed by atoms with van der Waals surface area (Å²) < 4.78 is 26.6. The number of hydrogen-bond acceptors (Lipinski definition) is 8. The van der Waals surface area contributed by atoms with Crippen LogP contribution in [0.5, 0.6) is 0 Å². The lowest BCUT2D eigenvalue weighted by molar-refractivity contribution is 0.0502. The monoisotopic (exact) mass is 538 g/mol. The number of nitrogens with one attached hydrogen (secondary N) is 1. The van der Waals surface area contributed by atoms with Gasteiger partial charge in [0.25, 0.3) is 0 Å². The zero-order valence-electron chi connectivity index (χ0n) is 23.0. The van der Waals surface area contributed by atoms with E-state index in [1.54, 1.807) is 23.7 Å². The molecule has 0 radical (unpaired) electrons. The number of anilines is 1. The lowest BCUT2D eigenvalue weighted by atomic mass is 9.97. The first-order valence-electron chi connectivity index (χ1n) is 13.5. The molecule has 2 fully saturated rings. The maximum absolute atomic E-state index is 14.5. The summed E-state index contributed by atoms with van der Waals surface area (Å²) in [5.74, 6) is 0.703. The molecule has 0 spiro atoms. The second-order valence-electron chi connectivity index (χ2n) is 11.4. The molecule has 2 aliphatic rings. The SMILES string of the molecule is CCOC(=O)c1cnn2ccc(N3CC4CC4C3c3cc(F)cnc3CC[C@@H](C)NC(=O)OC(C)(C)C)nc12. The van der Waals surface area contributed by atoms with E-state index >= 15 is 0 Å². The Morgan fingerprint density at radius 1 is 1.28 bits per heavy atom. The first-order chi connectivity index (χ1) is 18.5. The molecule has 39 heavy (non-hydrogen) atoms. The number of hydrogen-bond donors (Lipinski definition) is 1. The molecule has 1 aliphatic carbocycles. The molecular weight excluding hydrogens is 503 g/mol. The Hall–Kier alpha value is -3.76. The van der Waals surface area contributed by atoms with Crippen molar-refractivity contribution in [1.82, 2.24) is 24.9 Å². The molecular formula is C28H35FN6O4. The summed E-state index contributed by atoms with van der Waals surface area (Å²) in [6, 6.07) is 3.20. The number of nitrogens with zero attached hydrogens (tertiary/aromatic N) is 5. The minimum absolute atomic E-state index is 0.0914. The first kappa shape index (κ1) is 26.8. The first-order valence-corrected chi connectivity index (χ1v) is 13.5. The van der Waals surface area contributed by atoms with Gasteiger partial charge in [-0.2, -0.15) is 5.10 Å². The number of halogens is 1. The predicted octanol–water partition coefficient (Wildman–Crippen LogP) is 4.48. The smallest absolute Gasteiger partial charge is 0.407 e. The van der Waals surface area contributed by atoms with E-state index in [2.05, 4.69) is 20.3 Å². The lowest BCUT2D eigenvalue weighted by Gasteiger charge is -2.30. The van der Waals surface area contributed by atoms with Gasteiger partial charge in [0.15, 0.2) is 5.65 Å². The van der Waals surface area contributed by atoms with Gasteiger partial charge >= 0.3 is 12.1 Å². The molecule has 4 atom stereocenters. The number of carbonyl (C=O) groups is 2. The molecule has 11 heteroatoms. The van der Waals surface area contributed by atoms with Crippen LogP contribution in [0.2, 0.25) is 0 Å². The zero-order valence-corrected chi connectivity index (χ0v) is 23.0. The quantitative estimate of drug-likeness (QED) is 0.418. The summed E-state index contributed by atoms with van der Waals surface area (Å²) in [5.41, 5.74) is 1.79. The highest BCUT2D eigenvalue weighted by atomic mass is 19.1. The summed E-state index contributed by atoms with van der Waals surface area (Å²) in [5, 5.41) is 7.10. The Labute approximate surface area is 226 Å². The molecule has 1 saturated carbocycles. The van der Waals surface area contributed by atoms with Crippen molar-refractivity contribution in [2.45, 2.75) is 71.6 Å². The fourth-order valence-electron chi connectivity index (χ4n) is 5.35. The van der Waals surface area contributed by atoms with E-state index in [9.17, 15) is 14.0 Å². The number of aryl methyl sites for hydroxylation is 1. The van der Waals surface area contributed by atoms with Gasteiger partial charge in [-0.25, -0.2) is 23.5 Å². The number of amides is 1. The van der Waals surface area contributed by atoms with Crippen molar-refractivity contribution in [3.63, 3.8) is 0 Å². The number of rotatable bonds is 8.